The normalized spacial score (nSPS) is 11.4. The largest absolute Gasteiger partial charge is 0.494 e. The van der Waals surface area contributed by atoms with Crippen LogP contribution in [0.5, 0.6) is 5.75 Å². The molecule has 0 aliphatic rings. The van der Waals surface area contributed by atoms with E-state index >= 15 is 0 Å². The van der Waals surface area contributed by atoms with Crippen LogP contribution in [0.25, 0.3) is 0 Å². The topological polar surface area (TPSA) is 61.9 Å². The van der Waals surface area contributed by atoms with Gasteiger partial charge in [0, 0.05) is 19.7 Å². The van der Waals surface area contributed by atoms with Crippen LogP contribution in [0, 0.1) is 11.6 Å². The second-order valence-electron chi connectivity index (χ2n) is 7.51. The molecule has 0 bridgehead atoms. The number of likely N-dealkylation sites (N-methyl/N-ethyl adjacent to an activating group) is 1. The second kappa shape index (κ2) is 12.4. The lowest BCUT2D eigenvalue weighted by molar-refractivity contribution is 0.300. The van der Waals surface area contributed by atoms with Crippen LogP contribution >= 0.6 is 0 Å². The van der Waals surface area contributed by atoms with E-state index in [2.05, 4.69) is 23.2 Å². The summed E-state index contributed by atoms with van der Waals surface area (Å²) in [6.07, 6.45) is 6.17. The Morgan fingerprint density at radius 3 is 2.41 bits per heavy atom. The lowest BCUT2D eigenvalue weighted by Crippen LogP contribution is -2.32. The van der Waals surface area contributed by atoms with Gasteiger partial charge in [-0.15, -0.1) is 6.58 Å². The maximum atomic E-state index is 13.8. The van der Waals surface area contributed by atoms with Gasteiger partial charge in [-0.3, -0.25) is 9.03 Å². The molecule has 9 heteroatoms. The first-order chi connectivity index (χ1) is 15.2. The van der Waals surface area contributed by atoms with Crippen molar-refractivity contribution in [3.63, 3.8) is 0 Å². The van der Waals surface area contributed by atoms with Gasteiger partial charge in [-0.2, -0.15) is 8.42 Å². The molecule has 2 aromatic carbocycles. The highest BCUT2D eigenvalue weighted by molar-refractivity contribution is 7.94. The van der Waals surface area contributed by atoms with Gasteiger partial charge in [0.1, 0.15) is 17.4 Å². The summed E-state index contributed by atoms with van der Waals surface area (Å²) in [5.74, 6) is -0.974. The van der Waals surface area contributed by atoms with Gasteiger partial charge < -0.3 is 9.64 Å². The van der Waals surface area contributed by atoms with Crippen molar-refractivity contribution in [2.75, 3.05) is 42.8 Å². The molecule has 0 atom stereocenters. The third-order valence-corrected chi connectivity index (χ3v) is 6.28. The quantitative estimate of drug-likeness (QED) is 0.320. The summed E-state index contributed by atoms with van der Waals surface area (Å²) in [5.41, 5.74) is -0.102. The summed E-state index contributed by atoms with van der Waals surface area (Å²) < 4.78 is 60.8. The average Bonchev–Trinajstić information content (AvgIpc) is 2.75. The van der Waals surface area contributed by atoms with Crippen LogP contribution in [0.1, 0.15) is 25.7 Å². The van der Waals surface area contributed by atoms with Crippen molar-refractivity contribution in [2.45, 2.75) is 25.7 Å². The minimum atomic E-state index is -4.13. The molecule has 6 nitrogen and oxygen atoms in total. The van der Waals surface area contributed by atoms with Gasteiger partial charge in [-0.25, -0.2) is 8.78 Å². The van der Waals surface area contributed by atoms with Gasteiger partial charge in [0.2, 0.25) is 0 Å². The number of rotatable bonds is 14. The van der Waals surface area contributed by atoms with Crippen LogP contribution in [-0.2, 0) is 10.2 Å². The van der Waals surface area contributed by atoms with E-state index in [1.54, 1.807) is 24.3 Å². The summed E-state index contributed by atoms with van der Waals surface area (Å²) in [5, 5.41) is 0. The Balaban J connectivity index is 1.80. The zero-order valence-corrected chi connectivity index (χ0v) is 19.4. The molecule has 0 aromatic heterocycles. The fourth-order valence-electron chi connectivity index (χ4n) is 3.01. The third kappa shape index (κ3) is 8.12. The molecule has 0 fully saturated rings. The number of benzene rings is 2. The lowest BCUT2D eigenvalue weighted by atomic mass is 10.2. The Kier molecular flexibility index (Phi) is 9.93. The van der Waals surface area contributed by atoms with Crippen molar-refractivity contribution in [1.29, 1.82) is 0 Å². The number of hydrogen-bond donors (Lipinski definition) is 1. The molecule has 0 amide bonds. The van der Waals surface area contributed by atoms with Gasteiger partial charge in [0.05, 0.1) is 18.0 Å². The van der Waals surface area contributed by atoms with E-state index in [1.165, 1.54) is 7.05 Å². The van der Waals surface area contributed by atoms with E-state index < -0.39 is 27.5 Å². The summed E-state index contributed by atoms with van der Waals surface area (Å²) in [4.78, 5) is 2.23. The van der Waals surface area contributed by atoms with Crippen molar-refractivity contribution < 1.29 is 21.9 Å². The highest BCUT2D eigenvalue weighted by Gasteiger charge is 2.20. The maximum Gasteiger partial charge on any atom is 0.323 e. The predicted octanol–water partition coefficient (Wildman–Crippen LogP) is 4.81. The first-order valence-corrected chi connectivity index (χ1v) is 11.9. The SMILES string of the molecule is C=CCN(C)CCCCCCOc1ccc(N(C)S(=O)(=O)Nc2cc(F)ccc2F)cc1. The predicted molar refractivity (Wildman–Crippen MR) is 125 cm³/mol. The van der Waals surface area contributed by atoms with Gasteiger partial charge in [-0.05, 0) is 62.8 Å². The van der Waals surface area contributed by atoms with Crippen LogP contribution in [0.4, 0.5) is 20.2 Å². The van der Waals surface area contributed by atoms with Crippen LogP contribution in [0.2, 0.25) is 0 Å². The second-order valence-corrected chi connectivity index (χ2v) is 9.21. The number of anilines is 2. The molecule has 2 aromatic rings. The summed E-state index contributed by atoms with van der Waals surface area (Å²) >= 11 is 0. The molecule has 0 aliphatic carbocycles. The first kappa shape index (κ1) is 25.6. The van der Waals surface area contributed by atoms with E-state index in [4.69, 9.17) is 4.74 Å². The zero-order valence-electron chi connectivity index (χ0n) is 18.6. The summed E-state index contributed by atoms with van der Waals surface area (Å²) in [7, 11) is -0.734. The highest BCUT2D eigenvalue weighted by Crippen LogP contribution is 2.23. The lowest BCUT2D eigenvalue weighted by Gasteiger charge is -2.21. The Labute approximate surface area is 189 Å². The molecule has 0 unspecified atom stereocenters. The zero-order chi connectivity index (χ0) is 23.6. The van der Waals surface area contributed by atoms with Crippen molar-refractivity contribution in [1.82, 2.24) is 4.90 Å². The molecule has 0 heterocycles. The third-order valence-electron chi connectivity index (χ3n) is 4.87. The van der Waals surface area contributed by atoms with Crippen LogP contribution < -0.4 is 13.8 Å². The van der Waals surface area contributed by atoms with E-state index in [-0.39, 0.29) is 0 Å². The van der Waals surface area contributed by atoms with Gasteiger partial charge >= 0.3 is 10.2 Å². The van der Waals surface area contributed by atoms with Crippen molar-refractivity contribution in [2.24, 2.45) is 0 Å². The minimum Gasteiger partial charge on any atom is -0.494 e. The molecule has 1 N–H and O–H groups in total. The van der Waals surface area contributed by atoms with E-state index in [1.807, 2.05) is 6.08 Å². The Bertz CT molecular complexity index is 969. The van der Waals surface area contributed by atoms with Gasteiger partial charge in [-0.1, -0.05) is 18.9 Å². The highest BCUT2D eigenvalue weighted by atomic mass is 32.2. The standard InChI is InChI=1S/C23H31F2N3O3S/c1-4-15-27(2)16-7-5-6-8-17-31-21-12-10-20(11-13-21)28(3)32(29,30)26-23-18-19(24)9-14-22(23)25/h4,9-14,18,26H,1,5-8,15-17H2,2-3H3. The first-order valence-electron chi connectivity index (χ1n) is 10.5. The van der Waals surface area contributed by atoms with Crippen LogP contribution in [0.15, 0.2) is 55.1 Å². The van der Waals surface area contributed by atoms with Crippen molar-refractivity contribution in [3.8, 4) is 5.75 Å². The van der Waals surface area contributed by atoms with Crippen molar-refractivity contribution >= 4 is 21.6 Å². The summed E-state index contributed by atoms with van der Waals surface area (Å²) in [6, 6.07) is 9.09. The number of halogens is 2. The average molecular weight is 468 g/mol. The number of nitrogens with zero attached hydrogens (tertiary/aromatic N) is 2. The molecule has 2 rings (SSSR count). The number of nitrogens with one attached hydrogen (secondary N) is 1. The molecular formula is C23H31F2N3O3S. The number of ether oxygens (including phenoxy) is 1. The maximum absolute atomic E-state index is 13.8. The van der Waals surface area contributed by atoms with Crippen LogP contribution in [-0.4, -0.2) is 47.1 Å². The van der Waals surface area contributed by atoms with Crippen LogP contribution in [0.3, 0.4) is 0 Å². The molecule has 176 valence electrons. The molecule has 0 radical (unpaired) electrons. The minimum absolute atomic E-state index is 0.352. The molecule has 32 heavy (non-hydrogen) atoms. The van der Waals surface area contributed by atoms with E-state index in [0.29, 0.717) is 18.0 Å². The monoisotopic (exact) mass is 467 g/mol. The van der Waals surface area contributed by atoms with Gasteiger partial charge in [0.25, 0.3) is 0 Å². The Morgan fingerprint density at radius 2 is 1.72 bits per heavy atom. The molecule has 0 saturated heterocycles. The van der Waals surface area contributed by atoms with E-state index in [9.17, 15) is 17.2 Å². The molecular weight excluding hydrogens is 436 g/mol. The number of hydrogen-bond acceptors (Lipinski definition) is 4. The van der Waals surface area contributed by atoms with Gasteiger partial charge in [0.15, 0.2) is 0 Å². The Hall–Kier alpha value is -2.65. The Morgan fingerprint density at radius 1 is 1.03 bits per heavy atom. The molecule has 0 aliphatic heterocycles. The fraction of sp³-hybridized carbons (Fsp3) is 0.391. The molecule has 0 spiro atoms. The smallest absolute Gasteiger partial charge is 0.323 e. The number of unbranched alkanes of at least 4 members (excludes halogenated alkanes) is 3. The fourth-order valence-corrected chi connectivity index (χ4v) is 3.98. The molecule has 0 saturated carbocycles. The van der Waals surface area contributed by atoms with E-state index in [0.717, 1.165) is 61.3 Å². The van der Waals surface area contributed by atoms with Crippen molar-refractivity contribution in [3.05, 3.63) is 66.8 Å². The summed E-state index contributed by atoms with van der Waals surface area (Å²) in [6.45, 7) is 6.25.